The molecule has 202 valence electrons. The van der Waals surface area contributed by atoms with Gasteiger partial charge in [0.1, 0.15) is 0 Å². The van der Waals surface area contributed by atoms with Crippen molar-refractivity contribution in [3.8, 4) is 0 Å². The maximum atomic E-state index is 13.0. The SMILES string of the molecule is CC(C)(C)C1=CC(=O)C(C2=CC(=O)C(C3=CC(=O)C(C4=CC(=O)C(C(C)(C)C)=CC4=O)=CC3=O)=CC2=O)=CC1=O. The highest BCUT2D eigenvalue weighted by Crippen LogP contribution is 2.35. The summed E-state index contributed by atoms with van der Waals surface area (Å²) in [6.45, 7) is 10.6. The molecule has 0 aromatic rings. The average molecular weight is 539 g/mol. The highest BCUT2D eigenvalue weighted by Gasteiger charge is 2.37. The van der Waals surface area contributed by atoms with E-state index in [0.29, 0.717) is 0 Å². The third kappa shape index (κ3) is 5.00. The third-order valence-electron chi connectivity index (χ3n) is 6.81. The van der Waals surface area contributed by atoms with Crippen LogP contribution in [0.2, 0.25) is 0 Å². The first kappa shape index (κ1) is 28.3. The Morgan fingerprint density at radius 3 is 0.675 bits per heavy atom. The largest absolute Gasteiger partial charge is 0.290 e. The summed E-state index contributed by atoms with van der Waals surface area (Å²) >= 11 is 0. The molecule has 0 bridgehead atoms. The fraction of sp³-hybridized carbons (Fsp3) is 0.250. The predicted octanol–water partition coefficient (Wildman–Crippen LogP) is 3.10. The first-order valence-electron chi connectivity index (χ1n) is 12.5. The van der Waals surface area contributed by atoms with Gasteiger partial charge in [0.15, 0.2) is 46.3 Å². The van der Waals surface area contributed by atoms with Gasteiger partial charge in [0.2, 0.25) is 0 Å². The Bertz CT molecular complexity index is 1530. The van der Waals surface area contributed by atoms with Crippen LogP contribution in [0, 0.1) is 10.8 Å². The summed E-state index contributed by atoms with van der Waals surface area (Å²) in [6, 6.07) is 0. The molecule has 0 N–H and O–H groups in total. The van der Waals surface area contributed by atoms with Gasteiger partial charge >= 0.3 is 0 Å². The van der Waals surface area contributed by atoms with Gasteiger partial charge in [0, 0.05) is 44.6 Å². The maximum absolute atomic E-state index is 13.0. The minimum Gasteiger partial charge on any atom is -0.290 e. The zero-order valence-electron chi connectivity index (χ0n) is 22.9. The lowest BCUT2D eigenvalue weighted by atomic mass is 9.76. The standard InChI is InChI=1S/C32H26O8/c1-31(2,3)21-13-27(37)19(11-29(21)39)17-9-23(33)15(7-25(17)35)16-8-26(36)18(10-24(16)34)20-12-30(40)22(14-28(20)38)32(4,5)6/h7-14H,1-6H3. The van der Waals surface area contributed by atoms with Crippen LogP contribution in [0.4, 0.5) is 0 Å². The minimum absolute atomic E-state index is 0.232. The Labute approximate surface area is 230 Å². The van der Waals surface area contributed by atoms with Gasteiger partial charge in [-0.25, -0.2) is 0 Å². The van der Waals surface area contributed by atoms with Gasteiger partial charge in [-0.3, -0.25) is 38.4 Å². The van der Waals surface area contributed by atoms with Crippen molar-refractivity contribution in [1.82, 2.24) is 0 Å². The maximum Gasteiger partial charge on any atom is 0.187 e. The molecular formula is C32H26O8. The van der Waals surface area contributed by atoms with Gasteiger partial charge in [-0.05, 0) is 59.4 Å². The van der Waals surface area contributed by atoms with Crippen LogP contribution >= 0.6 is 0 Å². The lowest BCUT2D eigenvalue weighted by molar-refractivity contribution is -0.117. The van der Waals surface area contributed by atoms with Gasteiger partial charge in [-0.15, -0.1) is 0 Å². The van der Waals surface area contributed by atoms with E-state index in [2.05, 4.69) is 0 Å². The Hall–Kier alpha value is -4.72. The average Bonchev–Trinajstić information content (AvgIpc) is 2.83. The fourth-order valence-corrected chi connectivity index (χ4v) is 4.67. The quantitative estimate of drug-likeness (QED) is 0.500. The summed E-state index contributed by atoms with van der Waals surface area (Å²) in [6.07, 6.45) is 7.79. The van der Waals surface area contributed by atoms with Crippen LogP contribution in [-0.2, 0) is 38.4 Å². The van der Waals surface area contributed by atoms with Gasteiger partial charge < -0.3 is 0 Å². The monoisotopic (exact) mass is 538 g/mol. The molecule has 0 radical (unpaired) electrons. The summed E-state index contributed by atoms with van der Waals surface area (Å²) in [7, 11) is 0. The first-order valence-corrected chi connectivity index (χ1v) is 12.5. The van der Waals surface area contributed by atoms with Gasteiger partial charge in [-0.1, -0.05) is 41.5 Å². The van der Waals surface area contributed by atoms with Crippen molar-refractivity contribution in [3.63, 3.8) is 0 Å². The van der Waals surface area contributed by atoms with E-state index in [0.717, 1.165) is 48.6 Å². The summed E-state index contributed by atoms with van der Waals surface area (Å²) in [5, 5.41) is 0. The summed E-state index contributed by atoms with van der Waals surface area (Å²) in [5.74, 6) is -5.33. The number of allylic oxidation sites excluding steroid dienone is 16. The van der Waals surface area contributed by atoms with Crippen molar-refractivity contribution in [2.45, 2.75) is 41.5 Å². The van der Waals surface area contributed by atoms with Crippen molar-refractivity contribution in [2.75, 3.05) is 0 Å². The second-order valence-corrected chi connectivity index (χ2v) is 11.9. The normalized spacial score (nSPS) is 20.9. The zero-order valence-corrected chi connectivity index (χ0v) is 22.9. The van der Waals surface area contributed by atoms with Gasteiger partial charge in [0.05, 0.1) is 0 Å². The first-order chi connectivity index (χ1) is 18.4. The molecule has 4 rings (SSSR count). The second-order valence-electron chi connectivity index (χ2n) is 11.9. The molecule has 0 aromatic heterocycles. The van der Waals surface area contributed by atoms with E-state index in [1.807, 2.05) is 0 Å². The Balaban J connectivity index is 1.61. The zero-order chi connectivity index (χ0) is 29.9. The van der Waals surface area contributed by atoms with Crippen LogP contribution < -0.4 is 0 Å². The van der Waals surface area contributed by atoms with Crippen molar-refractivity contribution in [3.05, 3.63) is 93.2 Å². The highest BCUT2D eigenvalue weighted by molar-refractivity contribution is 6.36. The van der Waals surface area contributed by atoms with Crippen LogP contribution in [0.15, 0.2) is 93.2 Å². The van der Waals surface area contributed by atoms with E-state index in [4.69, 9.17) is 0 Å². The molecule has 4 aliphatic rings. The van der Waals surface area contributed by atoms with Gasteiger partial charge in [0.25, 0.3) is 0 Å². The van der Waals surface area contributed by atoms with Crippen LogP contribution in [0.5, 0.6) is 0 Å². The van der Waals surface area contributed by atoms with Crippen molar-refractivity contribution in [2.24, 2.45) is 10.8 Å². The van der Waals surface area contributed by atoms with E-state index in [1.54, 1.807) is 41.5 Å². The van der Waals surface area contributed by atoms with E-state index in [9.17, 15) is 38.4 Å². The molecule has 0 atom stereocenters. The molecule has 0 fully saturated rings. The lowest BCUT2D eigenvalue weighted by Crippen LogP contribution is -2.27. The number of carbonyl (C=O) groups is 8. The van der Waals surface area contributed by atoms with E-state index in [1.165, 1.54) is 0 Å². The second kappa shape index (κ2) is 9.48. The van der Waals surface area contributed by atoms with E-state index >= 15 is 0 Å². The van der Waals surface area contributed by atoms with Crippen LogP contribution in [-0.4, -0.2) is 46.3 Å². The molecule has 0 saturated heterocycles. The van der Waals surface area contributed by atoms with Crippen molar-refractivity contribution in [1.29, 1.82) is 0 Å². The molecule has 0 unspecified atom stereocenters. The van der Waals surface area contributed by atoms with Crippen LogP contribution in [0.3, 0.4) is 0 Å². The molecule has 0 heterocycles. The minimum atomic E-state index is -0.813. The topological polar surface area (TPSA) is 137 Å². The molecule has 0 spiro atoms. The number of rotatable bonds is 3. The predicted molar refractivity (Wildman–Crippen MR) is 144 cm³/mol. The number of hydrogen-bond donors (Lipinski definition) is 0. The Kier molecular flexibility index (Phi) is 6.71. The lowest BCUT2D eigenvalue weighted by Gasteiger charge is -2.25. The molecule has 0 aliphatic heterocycles. The molecule has 0 aromatic carbocycles. The van der Waals surface area contributed by atoms with Crippen molar-refractivity contribution < 1.29 is 38.4 Å². The molecular weight excluding hydrogens is 512 g/mol. The number of hydrogen-bond acceptors (Lipinski definition) is 8. The smallest absolute Gasteiger partial charge is 0.187 e. The van der Waals surface area contributed by atoms with Crippen LogP contribution in [0.25, 0.3) is 0 Å². The summed E-state index contributed by atoms with van der Waals surface area (Å²) < 4.78 is 0. The third-order valence-corrected chi connectivity index (χ3v) is 6.81. The number of ketones is 8. The molecule has 8 nitrogen and oxygen atoms in total. The van der Waals surface area contributed by atoms with Crippen molar-refractivity contribution >= 4 is 46.3 Å². The van der Waals surface area contributed by atoms with Gasteiger partial charge in [-0.2, -0.15) is 0 Å². The Morgan fingerprint density at radius 2 is 0.475 bits per heavy atom. The number of carbonyl (C=O) groups excluding carboxylic acids is 8. The summed E-state index contributed by atoms with van der Waals surface area (Å²) in [4.78, 5) is 103. The van der Waals surface area contributed by atoms with E-state index < -0.39 is 57.1 Å². The Morgan fingerprint density at radius 1 is 0.300 bits per heavy atom. The highest BCUT2D eigenvalue weighted by atomic mass is 16.2. The molecule has 0 saturated carbocycles. The molecule has 40 heavy (non-hydrogen) atoms. The summed E-state index contributed by atoms with van der Waals surface area (Å²) in [5.41, 5.74) is -2.45. The van der Waals surface area contributed by atoms with E-state index in [-0.39, 0.29) is 44.6 Å². The van der Waals surface area contributed by atoms with Crippen LogP contribution in [0.1, 0.15) is 41.5 Å². The molecule has 4 aliphatic carbocycles. The fourth-order valence-electron chi connectivity index (χ4n) is 4.67. The molecule has 8 heteroatoms. The molecule has 0 amide bonds.